The van der Waals surface area contributed by atoms with Gasteiger partial charge in [0.05, 0.1) is 18.2 Å². The monoisotopic (exact) mass is 448 g/mol. The molecule has 0 fully saturated rings. The Morgan fingerprint density at radius 1 is 1.16 bits per heavy atom. The number of carbonyl (C=O) groups is 1. The van der Waals surface area contributed by atoms with Gasteiger partial charge in [-0.15, -0.1) is 11.3 Å². The summed E-state index contributed by atoms with van der Waals surface area (Å²) in [7, 11) is 1.30. The minimum atomic E-state index is -0.524. The highest BCUT2D eigenvalue weighted by Gasteiger charge is 2.15. The van der Waals surface area contributed by atoms with E-state index in [1.165, 1.54) is 30.2 Å². The molecule has 2 aromatic carbocycles. The fourth-order valence-corrected chi connectivity index (χ4v) is 5.13. The third-order valence-electron chi connectivity index (χ3n) is 4.88. The number of rotatable bonds is 5. The summed E-state index contributed by atoms with van der Waals surface area (Å²) in [5.41, 5.74) is 1.69. The highest BCUT2D eigenvalue weighted by atomic mass is 32.2. The fraction of sp³-hybridized carbons (Fsp3) is 0.0870. The molecule has 0 aliphatic rings. The van der Waals surface area contributed by atoms with E-state index in [4.69, 9.17) is 4.42 Å². The molecule has 3 aromatic heterocycles. The lowest BCUT2D eigenvalue weighted by Crippen LogP contribution is -2.08. The van der Waals surface area contributed by atoms with Crippen LogP contribution in [-0.4, -0.2) is 23.0 Å². The van der Waals surface area contributed by atoms with Crippen molar-refractivity contribution in [2.45, 2.75) is 10.9 Å². The highest BCUT2D eigenvalue weighted by Crippen LogP contribution is 2.33. The second-order valence-electron chi connectivity index (χ2n) is 6.81. The number of hydrogen-bond acceptors (Lipinski definition) is 7. The number of hydrogen-bond donors (Lipinski definition) is 1. The maximum absolute atomic E-state index is 12.9. The average Bonchev–Trinajstić information content (AvgIpc) is 3.44. The van der Waals surface area contributed by atoms with Crippen molar-refractivity contribution in [1.82, 2.24) is 9.97 Å². The molecule has 0 saturated carbocycles. The first-order chi connectivity index (χ1) is 15.1. The van der Waals surface area contributed by atoms with Crippen LogP contribution >= 0.6 is 23.1 Å². The molecule has 6 nitrogen and oxygen atoms in total. The zero-order chi connectivity index (χ0) is 21.4. The standard InChI is InChI=1S/C23H16N2O4S2/c1-28-22(27)18-9-8-16(29-18)11-31-23-24-20(26)19-17(12-30-21(19)25-23)15-7-6-13-4-2-3-5-14(13)10-15/h2-10,12H,11H2,1H3,(H,24,25,26). The van der Waals surface area contributed by atoms with E-state index in [9.17, 15) is 9.59 Å². The van der Waals surface area contributed by atoms with Crippen LogP contribution in [0.25, 0.3) is 32.1 Å². The van der Waals surface area contributed by atoms with Gasteiger partial charge in [-0.25, -0.2) is 9.78 Å². The summed E-state index contributed by atoms with van der Waals surface area (Å²) in [6.07, 6.45) is 0. The summed E-state index contributed by atoms with van der Waals surface area (Å²) in [5, 5.41) is 5.35. The average molecular weight is 449 g/mol. The van der Waals surface area contributed by atoms with Crippen molar-refractivity contribution in [2.24, 2.45) is 0 Å². The largest absolute Gasteiger partial charge is 0.463 e. The highest BCUT2D eigenvalue weighted by molar-refractivity contribution is 7.98. The molecular weight excluding hydrogens is 432 g/mol. The Balaban J connectivity index is 1.43. The number of benzene rings is 2. The molecule has 31 heavy (non-hydrogen) atoms. The summed E-state index contributed by atoms with van der Waals surface area (Å²) in [6, 6.07) is 17.6. The van der Waals surface area contributed by atoms with Crippen LogP contribution in [-0.2, 0) is 10.5 Å². The Hall–Kier alpha value is -3.36. The third kappa shape index (κ3) is 3.75. The van der Waals surface area contributed by atoms with Gasteiger partial charge in [0.1, 0.15) is 10.6 Å². The Labute approximate surface area is 184 Å². The van der Waals surface area contributed by atoms with Crippen LogP contribution in [0.2, 0.25) is 0 Å². The quantitative estimate of drug-likeness (QED) is 0.218. The van der Waals surface area contributed by atoms with Crippen LogP contribution in [0.15, 0.2) is 74.3 Å². The van der Waals surface area contributed by atoms with Crippen LogP contribution in [0.5, 0.6) is 0 Å². The molecule has 0 aliphatic carbocycles. The molecule has 0 bridgehead atoms. The number of aromatic nitrogens is 2. The van der Waals surface area contributed by atoms with E-state index < -0.39 is 5.97 Å². The summed E-state index contributed by atoms with van der Waals surface area (Å²) < 4.78 is 10.1. The predicted octanol–water partition coefficient (Wildman–Crippen LogP) is 5.48. The normalized spacial score (nSPS) is 11.3. The van der Waals surface area contributed by atoms with Gasteiger partial charge in [-0.3, -0.25) is 4.79 Å². The molecule has 0 unspecified atom stereocenters. The van der Waals surface area contributed by atoms with Crippen molar-refractivity contribution >= 4 is 50.1 Å². The molecule has 8 heteroatoms. The molecule has 0 radical (unpaired) electrons. The van der Waals surface area contributed by atoms with Crippen LogP contribution < -0.4 is 5.56 Å². The van der Waals surface area contributed by atoms with Crippen molar-refractivity contribution in [3.05, 3.63) is 81.9 Å². The van der Waals surface area contributed by atoms with Crippen LogP contribution in [0.4, 0.5) is 0 Å². The predicted molar refractivity (Wildman–Crippen MR) is 123 cm³/mol. The summed E-state index contributed by atoms with van der Waals surface area (Å²) in [4.78, 5) is 32.5. The molecule has 5 rings (SSSR count). The minimum Gasteiger partial charge on any atom is -0.463 e. The number of fused-ring (bicyclic) bond motifs is 2. The Kier molecular flexibility index (Phi) is 5.09. The number of ether oxygens (including phenoxy) is 1. The van der Waals surface area contributed by atoms with Gasteiger partial charge in [-0.2, -0.15) is 0 Å². The lowest BCUT2D eigenvalue weighted by Gasteiger charge is -2.04. The van der Waals surface area contributed by atoms with Gasteiger partial charge in [0.2, 0.25) is 5.76 Å². The molecule has 1 N–H and O–H groups in total. The molecule has 5 aromatic rings. The maximum atomic E-state index is 12.9. The first kappa shape index (κ1) is 19.6. The topological polar surface area (TPSA) is 85.2 Å². The SMILES string of the molecule is COC(=O)c1ccc(CSc2nc3scc(-c4ccc5ccccc5c4)c3c(=O)[nH]2)o1. The number of nitrogens with one attached hydrogen (secondary N) is 1. The van der Waals surface area contributed by atoms with E-state index >= 15 is 0 Å². The number of nitrogens with zero attached hydrogens (tertiary/aromatic N) is 1. The molecule has 0 atom stereocenters. The summed E-state index contributed by atoms with van der Waals surface area (Å²) in [6.45, 7) is 0. The van der Waals surface area contributed by atoms with Gasteiger partial charge in [0.15, 0.2) is 5.16 Å². The molecule has 0 amide bonds. The van der Waals surface area contributed by atoms with E-state index in [1.807, 2.05) is 23.6 Å². The van der Waals surface area contributed by atoms with Gasteiger partial charge >= 0.3 is 5.97 Å². The number of carbonyl (C=O) groups excluding carboxylic acids is 1. The molecule has 0 aliphatic heterocycles. The lowest BCUT2D eigenvalue weighted by molar-refractivity contribution is 0.0563. The van der Waals surface area contributed by atoms with Crippen LogP contribution in [0.1, 0.15) is 16.3 Å². The minimum absolute atomic E-state index is 0.147. The van der Waals surface area contributed by atoms with Gasteiger partial charge in [-0.1, -0.05) is 48.2 Å². The zero-order valence-corrected chi connectivity index (χ0v) is 18.0. The lowest BCUT2D eigenvalue weighted by atomic mass is 10.0. The molecule has 0 spiro atoms. The summed E-state index contributed by atoms with van der Waals surface area (Å²) >= 11 is 2.78. The van der Waals surface area contributed by atoms with E-state index in [-0.39, 0.29) is 11.3 Å². The number of H-pyrrole nitrogens is 1. The van der Waals surface area contributed by atoms with Gasteiger partial charge in [-0.05, 0) is 34.5 Å². The smallest absolute Gasteiger partial charge is 0.373 e. The van der Waals surface area contributed by atoms with Gasteiger partial charge in [0.25, 0.3) is 5.56 Å². The van der Waals surface area contributed by atoms with E-state index in [1.54, 1.807) is 12.1 Å². The molecular formula is C23H16N2O4S2. The van der Waals surface area contributed by atoms with E-state index in [0.717, 1.165) is 21.9 Å². The number of esters is 1. The first-order valence-electron chi connectivity index (χ1n) is 9.43. The molecule has 0 saturated heterocycles. The Bertz CT molecular complexity index is 1480. The maximum Gasteiger partial charge on any atom is 0.373 e. The van der Waals surface area contributed by atoms with Crippen LogP contribution in [0, 0.1) is 0 Å². The third-order valence-corrected chi connectivity index (χ3v) is 6.65. The molecule has 154 valence electrons. The van der Waals surface area contributed by atoms with Crippen molar-refractivity contribution in [3.8, 4) is 11.1 Å². The van der Waals surface area contributed by atoms with E-state index in [0.29, 0.717) is 26.9 Å². The second kappa shape index (κ2) is 8.05. The van der Waals surface area contributed by atoms with Gasteiger partial charge in [0, 0.05) is 10.9 Å². The van der Waals surface area contributed by atoms with Crippen molar-refractivity contribution in [2.75, 3.05) is 7.11 Å². The Morgan fingerprint density at radius 3 is 2.84 bits per heavy atom. The van der Waals surface area contributed by atoms with E-state index in [2.05, 4.69) is 39.0 Å². The van der Waals surface area contributed by atoms with Gasteiger partial charge < -0.3 is 14.1 Å². The van der Waals surface area contributed by atoms with Crippen molar-refractivity contribution in [1.29, 1.82) is 0 Å². The van der Waals surface area contributed by atoms with Crippen molar-refractivity contribution < 1.29 is 13.9 Å². The number of thiophene rings is 1. The van der Waals surface area contributed by atoms with Crippen molar-refractivity contribution in [3.63, 3.8) is 0 Å². The van der Waals surface area contributed by atoms with Crippen LogP contribution in [0.3, 0.4) is 0 Å². The number of aromatic amines is 1. The fourth-order valence-electron chi connectivity index (χ4n) is 3.37. The number of thioether (sulfide) groups is 1. The summed E-state index contributed by atoms with van der Waals surface area (Å²) in [5.74, 6) is 0.641. The first-order valence-corrected chi connectivity index (χ1v) is 11.3. The second-order valence-corrected chi connectivity index (χ2v) is 8.63. The number of furan rings is 1. The number of methoxy groups -OCH3 is 1. The Morgan fingerprint density at radius 2 is 2.00 bits per heavy atom. The zero-order valence-electron chi connectivity index (χ0n) is 16.4. The molecule has 3 heterocycles.